The number of nitrogens with two attached hydrogens (primary N) is 1. The zero-order chi connectivity index (χ0) is 10.4. The minimum atomic E-state index is -4.47. The van der Waals surface area contributed by atoms with Gasteiger partial charge in [0, 0.05) is 14.2 Å². The Morgan fingerprint density at radius 2 is 1.83 bits per heavy atom. The second-order valence-electron chi connectivity index (χ2n) is 1.39. The van der Waals surface area contributed by atoms with Crippen LogP contribution in [0.1, 0.15) is 0 Å². The molecule has 0 atom stereocenters. The quantitative estimate of drug-likeness (QED) is 0.166. The molecule has 0 aliphatic heterocycles. The number of urea groups is 1. The second-order valence-corrected chi connectivity index (χ2v) is 2.84. The molecular weight excluding hydrogens is 190 g/mol. The van der Waals surface area contributed by atoms with Crippen molar-refractivity contribution in [1.29, 1.82) is 0 Å². The summed E-state index contributed by atoms with van der Waals surface area (Å²) in [6.45, 7) is 0. The molecule has 0 unspecified atom stereocenters. The number of carbonyl (C=O) groups is 1. The van der Waals surface area contributed by atoms with Crippen LogP contribution in [0.2, 0.25) is 0 Å². The fourth-order valence-corrected chi connectivity index (χ4v) is 0.458. The van der Waals surface area contributed by atoms with Crippen LogP contribution in [0.5, 0.6) is 0 Å². The maximum atomic E-state index is 10.3. The summed E-state index contributed by atoms with van der Waals surface area (Å²) in [5, 5.41) is 7.00. The number of nitrogens with zero attached hydrogens (tertiary/aromatic N) is 1. The average molecular weight is 201 g/mol. The maximum absolute atomic E-state index is 10.3. The molecule has 0 saturated carbocycles. The molecule has 5 N–H and O–H groups in total. The monoisotopic (exact) mass is 201 g/mol. The van der Waals surface area contributed by atoms with E-state index in [1.807, 2.05) is 0 Å². The van der Waals surface area contributed by atoms with E-state index in [0.29, 0.717) is 0 Å². The molecule has 8 nitrogen and oxygen atoms in total. The van der Waals surface area contributed by atoms with Crippen molar-refractivity contribution in [3.8, 4) is 0 Å². The number of aliphatic hydroxyl groups excluding tert-OH is 1. The Hall–Kier alpha value is -0.900. The number of hydrazine groups is 1. The van der Waals surface area contributed by atoms with Gasteiger partial charge in [-0.2, -0.15) is 8.42 Å². The third-order valence-electron chi connectivity index (χ3n) is 0.756. The molecule has 0 aromatic heterocycles. The van der Waals surface area contributed by atoms with Crippen molar-refractivity contribution >= 4 is 16.3 Å². The fourth-order valence-electron chi connectivity index (χ4n) is 0.196. The van der Waals surface area contributed by atoms with Crippen LogP contribution in [-0.4, -0.2) is 42.6 Å². The first kappa shape index (κ1) is 13.7. The van der Waals surface area contributed by atoms with Crippen LogP contribution in [-0.2, 0) is 10.3 Å². The summed E-state index contributed by atoms with van der Waals surface area (Å²) in [6, 6.07) is -1.11. The van der Waals surface area contributed by atoms with Crippen molar-refractivity contribution in [2.24, 2.45) is 5.84 Å². The first-order valence-electron chi connectivity index (χ1n) is 2.56. The highest BCUT2D eigenvalue weighted by molar-refractivity contribution is 7.83. The highest BCUT2D eigenvalue weighted by atomic mass is 32.2. The molecule has 0 heterocycles. The summed E-state index contributed by atoms with van der Waals surface area (Å²) in [7, 11) is -2.61. The van der Waals surface area contributed by atoms with Crippen LogP contribution in [0.25, 0.3) is 0 Å². The Kier molecular flexibility index (Phi) is 6.51. The first-order valence-corrected chi connectivity index (χ1v) is 3.96. The molecule has 12 heavy (non-hydrogen) atoms. The third-order valence-corrected chi connectivity index (χ3v) is 1.61. The molecule has 0 fully saturated rings. The van der Waals surface area contributed by atoms with Gasteiger partial charge in [-0.15, -0.1) is 0 Å². The van der Waals surface area contributed by atoms with Gasteiger partial charge in [0.2, 0.25) is 0 Å². The van der Waals surface area contributed by atoms with Gasteiger partial charge in [-0.3, -0.25) is 9.98 Å². The summed E-state index contributed by atoms with van der Waals surface area (Å²) < 4.78 is 28.4. The van der Waals surface area contributed by atoms with Crippen LogP contribution in [0.4, 0.5) is 4.79 Å². The SMILES string of the molecule is CN(C(=O)NN)S(=O)(=O)O.CO. The third kappa shape index (κ3) is 4.85. The molecule has 0 aromatic carbocycles. The molecule has 0 rings (SSSR count). The predicted octanol–water partition coefficient (Wildman–Crippen LogP) is -2.09. The van der Waals surface area contributed by atoms with E-state index in [1.54, 1.807) is 0 Å². The number of hydrogen-bond donors (Lipinski definition) is 4. The van der Waals surface area contributed by atoms with Crippen LogP contribution < -0.4 is 11.3 Å². The molecule has 74 valence electrons. The van der Waals surface area contributed by atoms with Gasteiger partial charge in [0.05, 0.1) is 0 Å². The van der Waals surface area contributed by atoms with Crippen LogP contribution in [0.3, 0.4) is 0 Å². The van der Waals surface area contributed by atoms with Crippen LogP contribution in [0, 0.1) is 0 Å². The van der Waals surface area contributed by atoms with Crippen molar-refractivity contribution in [3.63, 3.8) is 0 Å². The summed E-state index contributed by atoms with van der Waals surface area (Å²) in [6.07, 6.45) is 0. The standard InChI is InChI=1S/C2H7N3O4S.CH4O/c1-5(2(6)4-3)10(7,8)9;1-2/h3H2,1H3,(H,4,6)(H,7,8,9);2H,1H3. The van der Waals surface area contributed by atoms with Crippen molar-refractivity contribution in [2.75, 3.05) is 14.2 Å². The van der Waals surface area contributed by atoms with Crippen LogP contribution in [0.15, 0.2) is 0 Å². The molecule has 0 spiro atoms. The van der Waals surface area contributed by atoms with E-state index >= 15 is 0 Å². The average Bonchev–Trinajstić information content (AvgIpc) is 2.04. The van der Waals surface area contributed by atoms with Crippen LogP contribution >= 0.6 is 0 Å². The summed E-state index contributed by atoms with van der Waals surface area (Å²) in [5.74, 6) is 4.55. The van der Waals surface area contributed by atoms with Gasteiger partial charge < -0.3 is 5.11 Å². The normalized spacial score (nSPS) is 9.42. The van der Waals surface area contributed by atoms with E-state index in [0.717, 1.165) is 14.2 Å². The predicted molar refractivity (Wildman–Crippen MR) is 40.2 cm³/mol. The Labute approximate surface area is 69.8 Å². The Morgan fingerprint density at radius 3 is 1.92 bits per heavy atom. The van der Waals surface area contributed by atoms with E-state index in [9.17, 15) is 13.2 Å². The molecule has 0 saturated heterocycles. The number of carbonyl (C=O) groups excluding carboxylic acids is 1. The fraction of sp³-hybridized carbons (Fsp3) is 0.667. The van der Waals surface area contributed by atoms with Gasteiger partial charge in [-0.05, 0) is 0 Å². The number of nitrogens with one attached hydrogen (secondary N) is 1. The zero-order valence-electron chi connectivity index (χ0n) is 6.55. The molecule has 0 aliphatic rings. The Bertz CT molecular complexity index is 224. The van der Waals surface area contributed by atoms with E-state index in [1.165, 1.54) is 5.43 Å². The number of aliphatic hydroxyl groups is 1. The highest BCUT2D eigenvalue weighted by Crippen LogP contribution is 1.90. The number of hydrogen-bond acceptors (Lipinski definition) is 5. The van der Waals surface area contributed by atoms with Crippen molar-refractivity contribution in [1.82, 2.24) is 9.73 Å². The topological polar surface area (TPSA) is 133 Å². The van der Waals surface area contributed by atoms with Gasteiger partial charge in [0.15, 0.2) is 0 Å². The summed E-state index contributed by atoms with van der Waals surface area (Å²) >= 11 is 0. The lowest BCUT2D eigenvalue weighted by molar-refractivity contribution is 0.225. The molecule has 0 aromatic rings. The van der Waals surface area contributed by atoms with E-state index in [2.05, 4.69) is 5.84 Å². The highest BCUT2D eigenvalue weighted by Gasteiger charge is 2.18. The minimum Gasteiger partial charge on any atom is -0.400 e. The number of rotatable bonds is 1. The molecule has 9 heteroatoms. The van der Waals surface area contributed by atoms with Crippen molar-refractivity contribution in [2.45, 2.75) is 0 Å². The minimum absolute atomic E-state index is 0.0625. The smallest absolute Gasteiger partial charge is 0.363 e. The van der Waals surface area contributed by atoms with Gasteiger partial charge in [-0.1, -0.05) is 0 Å². The Balaban J connectivity index is 0. The second kappa shape index (κ2) is 5.71. The van der Waals surface area contributed by atoms with Gasteiger partial charge in [0.1, 0.15) is 0 Å². The summed E-state index contributed by atoms with van der Waals surface area (Å²) in [4.78, 5) is 10.3. The first-order chi connectivity index (χ1) is 5.39. The largest absolute Gasteiger partial charge is 0.400 e. The lowest BCUT2D eigenvalue weighted by Gasteiger charge is -2.10. The van der Waals surface area contributed by atoms with E-state index < -0.39 is 16.3 Å². The number of amides is 2. The molecule has 0 bridgehead atoms. The Morgan fingerprint density at radius 1 is 1.50 bits per heavy atom. The molecule has 0 radical (unpaired) electrons. The molecular formula is C3H11N3O5S. The van der Waals surface area contributed by atoms with Gasteiger partial charge in [-0.25, -0.2) is 14.9 Å². The lowest BCUT2D eigenvalue weighted by Crippen LogP contribution is -2.43. The lowest BCUT2D eigenvalue weighted by atomic mass is 11.0. The van der Waals surface area contributed by atoms with Crippen molar-refractivity contribution < 1.29 is 22.9 Å². The summed E-state index contributed by atoms with van der Waals surface area (Å²) in [5.41, 5.74) is 1.52. The van der Waals surface area contributed by atoms with E-state index in [-0.39, 0.29) is 4.31 Å². The molecule has 2 amide bonds. The van der Waals surface area contributed by atoms with Gasteiger partial charge >= 0.3 is 16.3 Å². The van der Waals surface area contributed by atoms with Gasteiger partial charge in [0.25, 0.3) is 0 Å². The zero-order valence-corrected chi connectivity index (χ0v) is 7.37. The maximum Gasteiger partial charge on any atom is 0.363 e. The molecule has 0 aliphatic carbocycles. The van der Waals surface area contributed by atoms with Crippen molar-refractivity contribution in [3.05, 3.63) is 0 Å². The van der Waals surface area contributed by atoms with E-state index in [4.69, 9.17) is 9.66 Å².